The number of thioether (sulfide) groups is 1. The van der Waals surface area contributed by atoms with Gasteiger partial charge in [-0.2, -0.15) is 0 Å². The molecule has 1 fully saturated rings. The maximum Gasteiger partial charge on any atom is 0.164 e. The summed E-state index contributed by atoms with van der Waals surface area (Å²) in [6.45, 7) is 0.308. The van der Waals surface area contributed by atoms with E-state index in [1.807, 2.05) is 4.90 Å². The number of sulfone groups is 1. The maximum atomic E-state index is 13.4. The molecular weight excluding hydrogens is 414 g/mol. The van der Waals surface area contributed by atoms with Gasteiger partial charge in [0.25, 0.3) is 0 Å². The van der Waals surface area contributed by atoms with Crippen LogP contribution in [0.5, 0.6) is 0 Å². The van der Waals surface area contributed by atoms with E-state index in [9.17, 15) is 17.2 Å². The summed E-state index contributed by atoms with van der Waals surface area (Å²) in [6, 6.07) is 9.84. The van der Waals surface area contributed by atoms with Crippen LogP contribution in [0.1, 0.15) is 5.56 Å². The van der Waals surface area contributed by atoms with Crippen molar-refractivity contribution >= 4 is 44.1 Å². The zero-order valence-electron chi connectivity index (χ0n) is 14.0. The maximum absolute atomic E-state index is 13.4. The molecule has 0 bridgehead atoms. The zero-order valence-corrected chi connectivity index (χ0v) is 16.4. The fourth-order valence-corrected chi connectivity index (χ4v) is 7.19. The lowest BCUT2D eigenvalue weighted by Gasteiger charge is -2.25. The van der Waals surface area contributed by atoms with Crippen LogP contribution in [0.15, 0.2) is 47.5 Å². The van der Waals surface area contributed by atoms with Crippen molar-refractivity contribution in [1.29, 1.82) is 0 Å². The van der Waals surface area contributed by atoms with E-state index >= 15 is 0 Å². The molecule has 2 aromatic carbocycles. The smallest absolute Gasteiger partial charge is 0.164 e. The molecule has 0 aromatic heterocycles. The average Bonchev–Trinajstić information content (AvgIpc) is 3.08. The molecule has 2 aliphatic rings. The number of halogens is 3. The molecule has 4 nitrogen and oxygen atoms in total. The minimum absolute atomic E-state index is 0.0444. The molecule has 142 valence electrons. The van der Waals surface area contributed by atoms with Gasteiger partial charge in [-0.15, -0.1) is 0 Å². The molecule has 1 saturated heterocycles. The first kappa shape index (κ1) is 18.7. The number of benzene rings is 2. The number of anilines is 1. The van der Waals surface area contributed by atoms with Gasteiger partial charge in [0.05, 0.1) is 24.1 Å². The second-order valence-electron chi connectivity index (χ2n) is 6.51. The summed E-state index contributed by atoms with van der Waals surface area (Å²) in [4.78, 5) is 6.46. The topological polar surface area (TPSA) is 49.7 Å². The summed E-state index contributed by atoms with van der Waals surface area (Å²) in [7, 11) is -3.05. The molecule has 2 aromatic rings. The summed E-state index contributed by atoms with van der Waals surface area (Å²) in [5, 5.41) is 0.831. The van der Waals surface area contributed by atoms with Gasteiger partial charge < -0.3 is 4.90 Å². The summed E-state index contributed by atoms with van der Waals surface area (Å²) in [5.74, 6) is -0.640. The summed E-state index contributed by atoms with van der Waals surface area (Å²) in [5.41, 5.74) is 1.39. The van der Waals surface area contributed by atoms with Crippen LogP contribution in [0, 0.1) is 11.6 Å². The molecule has 27 heavy (non-hydrogen) atoms. The highest BCUT2D eigenvalue weighted by molar-refractivity contribution is 8.15. The third kappa shape index (κ3) is 3.97. The van der Waals surface area contributed by atoms with Crippen molar-refractivity contribution in [2.75, 3.05) is 16.4 Å². The van der Waals surface area contributed by atoms with Crippen LogP contribution in [0.2, 0.25) is 5.02 Å². The van der Waals surface area contributed by atoms with E-state index in [-0.39, 0.29) is 33.6 Å². The van der Waals surface area contributed by atoms with Gasteiger partial charge >= 0.3 is 0 Å². The molecular formula is C18H15ClF2N2O2S2. The van der Waals surface area contributed by atoms with Crippen LogP contribution < -0.4 is 4.90 Å². The van der Waals surface area contributed by atoms with Crippen LogP contribution in [0.25, 0.3) is 0 Å². The first-order valence-corrected chi connectivity index (χ1v) is 11.3. The molecule has 0 saturated carbocycles. The van der Waals surface area contributed by atoms with Crippen LogP contribution in [-0.2, 0) is 16.4 Å². The number of fused-ring (bicyclic) bond motifs is 1. The van der Waals surface area contributed by atoms with Crippen LogP contribution in [0.3, 0.4) is 0 Å². The van der Waals surface area contributed by atoms with Gasteiger partial charge in [-0.05, 0) is 42.0 Å². The van der Waals surface area contributed by atoms with Crippen molar-refractivity contribution in [3.05, 3.63) is 64.7 Å². The summed E-state index contributed by atoms with van der Waals surface area (Å²) < 4.78 is 50.3. The predicted octanol–water partition coefficient (Wildman–Crippen LogP) is 3.89. The number of nitrogens with zero attached hydrogens (tertiary/aromatic N) is 2. The molecule has 0 radical (unpaired) electrons. The van der Waals surface area contributed by atoms with Crippen molar-refractivity contribution in [3.8, 4) is 0 Å². The van der Waals surface area contributed by atoms with Gasteiger partial charge in [0.2, 0.25) is 0 Å². The van der Waals surface area contributed by atoms with Crippen molar-refractivity contribution < 1.29 is 17.2 Å². The van der Waals surface area contributed by atoms with Crippen LogP contribution in [0.4, 0.5) is 14.5 Å². The van der Waals surface area contributed by atoms with Gasteiger partial charge in [-0.3, -0.25) is 4.99 Å². The Morgan fingerprint density at radius 3 is 2.48 bits per heavy atom. The number of hydrogen-bond donors (Lipinski definition) is 0. The van der Waals surface area contributed by atoms with Crippen molar-refractivity contribution in [3.63, 3.8) is 0 Å². The third-order valence-electron chi connectivity index (χ3n) is 4.52. The Hall–Kier alpha value is -1.64. The fourth-order valence-electron chi connectivity index (χ4n) is 3.18. The number of rotatable bonds is 3. The second kappa shape index (κ2) is 7.07. The lowest BCUT2D eigenvalue weighted by molar-refractivity contribution is 0.601. The monoisotopic (exact) mass is 428 g/mol. The molecule has 4 rings (SSSR count). The minimum atomic E-state index is -3.05. The lowest BCUT2D eigenvalue weighted by atomic mass is 10.2. The van der Waals surface area contributed by atoms with E-state index in [2.05, 4.69) is 4.99 Å². The highest BCUT2D eigenvalue weighted by atomic mass is 35.5. The highest BCUT2D eigenvalue weighted by Crippen LogP contribution is 2.37. The number of hydrogen-bond acceptors (Lipinski definition) is 5. The first-order chi connectivity index (χ1) is 12.8. The SMILES string of the molecule is O=S1(=O)C[C@@H]2N=C(N(Cc3ccc(F)cc3Cl)c3ccc(F)cc3)S[C@@H]2C1. The van der Waals surface area contributed by atoms with Gasteiger partial charge in [0.15, 0.2) is 15.0 Å². The quantitative estimate of drug-likeness (QED) is 0.744. The Balaban J connectivity index is 1.68. The van der Waals surface area contributed by atoms with Gasteiger partial charge in [0, 0.05) is 16.0 Å². The van der Waals surface area contributed by atoms with E-state index < -0.39 is 15.7 Å². The van der Waals surface area contributed by atoms with E-state index in [4.69, 9.17) is 11.6 Å². The average molecular weight is 429 g/mol. The molecule has 2 aliphatic heterocycles. The van der Waals surface area contributed by atoms with E-state index in [0.717, 1.165) is 0 Å². The van der Waals surface area contributed by atoms with E-state index in [0.29, 0.717) is 23.0 Å². The Bertz CT molecular complexity index is 1010. The summed E-state index contributed by atoms with van der Waals surface area (Å²) >= 11 is 7.58. The molecule has 0 N–H and O–H groups in total. The minimum Gasteiger partial charge on any atom is -0.317 e. The lowest BCUT2D eigenvalue weighted by Crippen LogP contribution is -2.28. The molecule has 0 unspecified atom stereocenters. The van der Waals surface area contributed by atoms with E-state index in [1.165, 1.54) is 36.0 Å². The Morgan fingerprint density at radius 2 is 1.81 bits per heavy atom. The van der Waals surface area contributed by atoms with Crippen molar-refractivity contribution in [1.82, 2.24) is 0 Å². The van der Waals surface area contributed by atoms with Gasteiger partial charge in [0.1, 0.15) is 11.6 Å². The van der Waals surface area contributed by atoms with Gasteiger partial charge in [-0.1, -0.05) is 29.4 Å². The molecule has 0 spiro atoms. The Morgan fingerprint density at radius 1 is 1.11 bits per heavy atom. The largest absolute Gasteiger partial charge is 0.317 e. The van der Waals surface area contributed by atoms with Crippen molar-refractivity contribution in [2.24, 2.45) is 4.99 Å². The Kier molecular flexibility index (Phi) is 4.90. The molecule has 0 aliphatic carbocycles. The molecule has 9 heteroatoms. The molecule has 2 atom stereocenters. The molecule has 0 amide bonds. The second-order valence-corrected chi connectivity index (χ2v) is 10.3. The molecule has 2 heterocycles. The highest BCUT2D eigenvalue weighted by Gasteiger charge is 2.44. The zero-order chi connectivity index (χ0) is 19.2. The summed E-state index contributed by atoms with van der Waals surface area (Å²) in [6.07, 6.45) is 0. The third-order valence-corrected chi connectivity index (χ3v) is 8.12. The normalized spacial score (nSPS) is 23.1. The first-order valence-electron chi connectivity index (χ1n) is 8.23. The number of aliphatic imine (C=N–C) groups is 1. The van der Waals surface area contributed by atoms with Crippen LogP contribution in [-0.4, -0.2) is 36.4 Å². The standard InChI is InChI=1S/C18H15ClF2N2O2S2/c19-15-7-13(21)2-1-11(15)8-23(14-5-3-12(20)4-6-14)18-22-16-9-27(24,25)10-17(16)26-18/h1-7,16-17H,8-10H2/t16-,17+/m0/s1. The van der Waals surface area contributed by atoms with Crippen molar-refractivity contribution in [2.45, 2.75) is 17.8 Å². The predicted molar refractivity (Wildman–Crippen MR) is 105 cm³/mol. The van der Waals surface area contributed by atoms with E-state index in [1.54, 1.807) is 18.2 Å². The van der Waals surface area contributed by atoms with Gasteiger partial charge in [-0.25, -0.2) is 17.2 Å². The fraction of sp³-hybridized carbons (Fsp3) is 0.278. The Labute approximate surface area is 165 Å². The number of amidine groups is 1. The van der Waals surface area contributed by atoms with Crippen LogP contribution >= 0.6 is 23.4 Å².